The Balaban J connectivity index is 2.46. The van der Waals surface area contributed by atoms with E-state index in [9.17, 15) is 9.59 Å². The maximum atomic E-state index is 11.4. The lowest BCUT2D eigenvalue weighted by Gasteiger charge is -2.21. The van der Waals surface area contributed by atoms with E-state index in [1.54, 1.807) is 20.9 Å². The summed E-state index contributed by atoms with van der Waals surface area (Å²) in [7, 11) is 1.57. The first-order valence-corrected chi connectivity index (χ1v) is 6.93. The van der Waals surface area contributed by atoms with Crippen molar-refractivity contribution in [1.82, 2.24) is 4.90 Å². The van der Waals surface area contributed by atoms with Crippen molar-refractivity contribution in [2.75, 3.05) is 13.7 Å². The van der Waals surface area contributed by atoms with Gasteiger partial charge in [-0.3, -0.25) is 19.5 Å². The first-order valence-electron chi connectivity index (χ1n) is 6.93. The molecule has 0 aromatic rings. The monoisotopic (exact) mass is 297 g/mol. The molecule has 1 amide bonds. The van der Waals surface area contributed by atoms with E-state index in [4.69, 9.17) is 15.2 Å². The van der Waals surface area contributed by atoms with Crippen LogP contribution in [0.5, 0.6) is 0 Å². The van der Waals surface area contributed by atoms with Crippen molar-refractivity contribution in [3.63, 3.8) is 0 Å². The summed E-state index contributed by atoms with van der Waals surface area (Å²) in [6.45, 7) is 3.76. The fourth-order valence-electron chi connectivity index (χ4n) is 1.81. The zero-order valence-corrected chi connectivity index (χ0v) is 12.7. The highest BCUT2D eigenvalue weighted by molar-refractivity contribution is 5.91. The minimum Gasteiger partial charge on any atom is -0.463 e. The van der Waals surface area contributed by atoms with Gasteiger partial charge in [0.15, 0.2) is 0 Å². The molecule has 0 spiro atoms. The van der Waals surface area contributed by atoms with E-state index < -0.39 is 0 Å². The third-order valence-corrected chi connectivity index (χ3v) is 3.10. The van der Waals surface area contributed by atoms with Crippen LogP contribution < -0.4 is 5.73 Å². The molecule has 1 aliphatic heterocycles. The summed E-state index contributed by atoms with van der Waals surface area (Å²) in [5.74, 6) is -0.0868. The Hall–Kier alpha value is -1.89. The van der Waals surface area contributed by atoms with Gasteiger partial charge in [0.25, 0.3) is 0 Å². The van der Waals surface area contributed by atoms with E-state index in [0.717, 1.165) is 6.42 Å². The van der Waals surface area contributed by atoms with E-state index in [0.29, 0.717) is 18.7 Å². The Morgan fingerprint density at radius 1 is 1.52 bits per heavy atom. The molecule has 2 atom stereocenters. The molecule has 0 aliphatic carbocycles. The van der Waals surface area contributed by atoms with Crippen molar-refractivity contribution in [3.05, 3.63) is 12.3 Å². The molecule has 0 aromatic heterocycles. The van der Waals surface area contributed by atoms with Crippen LogP contribution in [0.15, 0.2) is 17.3 Å². The number of hydrogen-bond donors (Lipinski definition) is 1. The molecule has 0 radical (unpaired) electrons. The summed E-state index contributed by atoms with van der Waals surface area (Å²) in [5.41, 5.74) is 5.53. The maximum absolute atomic E-state index is 11.4. The van der Waals surface area contributed by atoms with Crippen molar-refractivity contribution in [3.8, 4) is 0 Å². The number of nitrogens with two attached hydrogens (primary N) is 1. The van der Waals surface area contributed by atoms with Gasteiger partial charge in [0.2, 0.25) is 6.41 Å². The molecule has 7 nitrogen and oxygen atoms in total. The topological polar surface area (TPSA) is 94.2 Å². The average molecular weight is 297 g/mol. The van der Waals surface area contributed by atoms with Gasteiger partial charge in [-0.25, -0.2) is 0 Å². The third-order valence-electron chi connectivity index (χ3n) is 3.10. The van der Waals surface area contributed by atoms with E-state index in [1.165, 1.54) is 17.2 Å². The number of hydrogen-bond acceptors (Lipinski definition) is 5. The smallest absolute Gasteiger partial charge is 0.308 e. The number of amidine groups is 1. The van der Waals surface area contributed by atoms with E-state index in [1.807, 2.05) is 0 Å². The Kier molecular flexibility index (Phi) is 6.87. The Bertz CT molecular complexity index is 420. The molecule has 21 heavy (non-hydrogen) atoms. The van der Waals surface area contributed by atoms with Crippen LogP contribution in [0.3, 0.4) is 0 Å². The Morgan fingerprint density at radius 3 is 2.81 bits per heavy atom. The van der Waals surface area contributed by atoms with Crippen molar-refractivity contribution in [1.29, 1.82) is 0 Å². The zero-order valence-electron chi connectivity index (χ0n) is 12.7. The summed E-state index contributed by atoms with van der Waals surface area (Å²) in [5, 5.41) is 0. The predicted molar refractivity (Wildman–Crippen MR) is 78.3 cm³/mol. The zero-order chi connectivity index (χ0) is 15.8. The predicted octanol–water partition coefficient (Wildman–Crippen LogP) is 0.650. The van der Waals surface area contributed by atoms with E-state index in [2.05, 4.69) is 4.99 Å². The molecule has 1 rings (SSSR count). The van der Waals surface area contributed by atoms with Crippen LogP contribution in [0.25, 0.3) is 0 Å². The summed E-state index contributed by atoms with van der Waals surface area (Å²) in [6.07, 6.45) is 4.58. The van der Waals surface area contributed by atoms with Crippen LogP contribution in [0, 0.1) is 5.92 Å². The maximum Gasteiger partial charge on any atom is 0.308 e. The molecule has 1 heterocycles. The molecule has 0 saturated carbocycles. The van der Waals surface area contributed by atoms with Crippen LogP contribution in [-0.2, 0) is 19.1 Å². The standard InChI is InChI=1S/C14H23N3O4/c1-10(2)14(19)20-8-11-4-5-13(21-11)17(9-18)7-6-12(15)16-3/h6-7,9-11,13H,4-5,8H2,1-3H3,(H2,15,16)/b7-6-/t11?,13-/m1/s1. The van der Waals surface area contributed by atoms with Crippen LogP contribution in [0.4, 0.5) is 0 Å². The normalized spacial score (nSPS) is 22.8. The molecule has 1 aliphatic rings. The lowest BCUT2D eigenvalue weighted by Crippen LogP contribution is -2.31. The van der Waals surface area contributed by atoms with Gasteiger partial charge < -0.3 is 15.2 Å². The molecular formula is C14H23N3O4. The van der Waals surface area contributed by atoms with E-state index >= 15 is 0 Å². The largest absolute Gasteiger partial charge is 0.463 e. The number of rotatable bonds is 7. The van der Waals surface area contributed by atoms with Gasteiger partial charge in [0.1, 0.15) is 18.7 Å². The Labute approximate surface area is 124 Å². The molecule has 7 heteroatoms. The first-order chi connectivity index (χ1) is 9.97. The van der Waals surface area contributed by atoms with Gasteiger partial charge >= 0.3 is 5.97 Å². The van der Waals surface area contributed by atoms with E-state index in [-0.39, 0.29) is 30.8 Å². The van der Waals surface area contributed by atoms with Crippen molar-refractivity contribution in [2.24, 2.45) is 16.6 Å². The van der Waals surface area contributed by atoms with Crippen molar-refractivity contribution in [2.45, 2.75) is 39.0 Å². The molecule has 2 N–H and O–H groups in total. The molecule has 0 bridgehead atoms. The molecule has 1 saturated heterocycles. The number of carbonyl (C=O) groups excluding carboxylic acids is 2. The summed E-state index contributed by atoms with van der Waals surface area (Å²) >= 11 is 0. The number of carbonyl (C=O) groups is 2. The number of ether oxygens (including phenoxy) is 2. The quantitative estimate of drug-likeness (QED) is 0.322. The minimum atomic E-state index is -0.369. The van der Waals surface area contributed by atoms with Crippen LogP contribution >= 0.6 is 0 Å². The second-order valence-corrected chi connectivity index (χ2v) is 5.09. The molecule has 118 valence electrons. The summed E-state index contributed by atoms with van der Waals surface area (Å²) < 4.78 is 10.8. The fraction of sp³-hybridized carbons (Fsp3) is 0.643. The number of nitrogens with zero attached hydrogens (tertiary/aromatic N) is 2. The number of amides is 1. The highest BCUT2D eigenvalue weighted by atomic mass is 16.6. The first kappa shape index (κ1) is 17.2. The second-order valence-electron chi connectivity index (χ2n) is 5.09. The molecule has 1 unspecified atom stereocenters. The average Bonchev–Trinajstić information content (AvgIpc) is 2.93. The van der Waals surface area contributed by atoms with Gasteiger partial charge in [0, 0.05) is 13.2 Å². The van der Waals surface area contributed by atoms with Crippen LogP contribution in [0.2, 0.25) is 0 Å². The highest BCUT2D eigenvalue weighted by Gasteiger charge is 2.29. The van der Waals surface area contributed by atoms with Crippen LogP contribution in [-0.4, -0.2) is 49.1 Å². The summed E-state index contributed by atoms with van der Waals surface area (Å²) in [6, 6.07) is 0. The lowest BCUT2D eigenvalue weighted by atomic mass is 10.2. The van der Waals surface area contributed by atoms with Crippen molar-refractivity contribution < 1.29 is 19.1 Å². The fourth-order valence-corrected chi connectivity index (χ4v) is 1.81. The van der Waals surface area contributed by atoms with Gasteiger partial charge in [-0.1, -0.05) is 13.8 Å². The molecule has 0 aromatic carbocycles. The third kappa shape index (κ3) is 5.55. The van der Waals surface area contributed by atoms with Gasteiger partial charge in [0.05, 0.1) is 12.0 Å². The van der Waals surface area contributed by atoms with Gasteiger partial charge in [-0.15, -0.1) is 0 Å². The lowest BCUT2D eigenvalue weighted by molar-refractivity contribution is -0.153. The molecular weight excluding hydrogens is 274 g/mol. The molecule has 1 fully saturated rings. The van der Waals surface area contributed by atoms with Gasteiger partial charge in [-0.2, -0.15) is 0 Å². The highest BCUT2D eigenvalue weighted by Crippen LogP contribution is 2.22. The van der Waals surface area contributed by atoms with Crippen molar-refractivity contribution >= 4 is 18.2 Å². The summed E-state index contributed by atoms with van der Waals surface area (Å²) in [4.78, 5) is 27.6. The van der Waals surface area contributed by atoms with Gasteiger partial charge in [-0.05, 0) is 18.9 Å². The number of esters is 1. The number of aliphatic imine (C=N–C) groups is 1. The minimum absolute atomic E-state index is 0.159. The van der Waals surface area contributed by atoms with Crippen LogP contribution in [0.1, 0.15) is 26.7 Å². The Morgan fingerprint density at radius 2 is 2.24 bits per heavy atom. The SMILES string of the molecule is C/N=C(N)\C=C/N(C=O)[C@H]1CCC(COC(=O)C(C)C)O1. The second kappa shape index (κ2) is 8.41.